The van der Waals surface area contributed by atoms with Crippen LogP contribution in [-0.2, 0) is 6.54 Å². The molecule has 0 aliphatic rings. The summed E-state index contributed by atoms with van der Waals surface area (Å²) < 4.78 is 0. The van der Waals surface area contributed by atoms with Crippen LogP contribution in [0.3, 0.4) is 0 Å². The van der Waals surface area contributed by atoms with Crippen molar-refractivity contribution in [1.29, 1.82) is 5.41 Å². The van der Waals surface area contributed by atoms with E-state index in [2.05, 4.69) is 36.4 Å². The highest BCUT2D eigenvalue weighted by atomic mass is 32.1. The summed E-state index contributed by atoms with van der Waals surface area (Å²) >= 11 is 1.79. The average molecular weight is 273 g/mol. The predicted molar refractivity (Wildman–Crippen MR) is 81.7 cm³/mol. The van der Waals surface area contributed by atoms with Gasteiger partial charge in [-0.25, -0.2) is 0 Å². The maximum Gasteiger partial charge on any atom is 0.122 e. The number of hydrogen-bond acceptors (Lipinski definition) is 3. The molecule has 1 atom stereocenters. The van der Waals surface area contributed by atoms with E-state index in [0.29, 0.717) is 6.04 Å². The van der Waals surface area contributed by atoms with Gasteiger partial charge in [0.05, 0.1) is 0 Å². The highest BCUT2D eigenvalue weighted by molar-refractivity contribution is 7.10. The van der Waals surface area contributed by atoms with Crippen LogP contribution in [0.2, 0.25) is 0 Å². The molecule has 0 amide bonds. The topological polar surface area (TPSA) is 53.1 Å². The number of hydrogen-bond donors (Lipinski definition) is 2. The van der Waals surface area contributed by atoms with E-state index in [0.717, 1.165) is 12.1 Å². The molecule has 3 nitrogen and oxygen atoms in total. The zero-order valence-electron chi connectivity index (χ0n) is 11.3. The van der Waals surface area contributed by atoms with E-state index in [1.54, 1.807) is 11.3 Å². The van der Waals surface area contributed by atoms with Crippen LogP contribution in [0, 0.1) is 5.41 Å². The Bertz CT molecular complexity index is 531. The highest BCUT2D eigenvalue weighted by Gasteiger charge is 2.12. The van der Waals surface area contributed by atoms with Crippen molar-refractivity contribution in [3.63, 3.8) is 0 Å². The molecule has 0 bridgehead atoms. The Kier molecular flexibility index (Phi) is 4.35. The van der Waals surface area contributed by atoms with Gasteiger partial charge in [0.1, 0.15) is 5.84 Å². The van der Waals surface area contributed by atoms with Gasteiger partial charge in [0, 0.05) is 23.0 Å². The fraction of sp³-hybridized carbons (Fsp3) is 0.267. The first kappa shape index (κ1) is 13.8. The summed E-state index contributed by atoms with van der Waals surface area (Å²) in [4.78, 5) is 3.69. The van der Waals surface area contributed by atoms with E-state index in [-0.39, 0.29) is 5.84 Å². The zero-order valence-corrected chi connectivity index (χ0v) is 12.1. The largest absolute Gasteiger partial charge is 0.384 e. The Morgan fingerprint density at radius 3 is 2.53 bits per heavy atom. The van der Waals surface area contributed by atoms with Crippen LogP contribution in [0.25, 0.3) is 0 Å². The summed E-state index contributed by atoms with van der Waals surface area (Å²) in [6.45, 7) is 3.10. The van der Waals surface area contributed by atoms with Crippen LogP contribution in [0.15, 0.2) is 41.8 Å². The second-order valence-corrected chi connectivity index (χ2v) is 5.70. The minimum absolute atomic E-state index is 0.117. The predicted octanol–water partition coefficient (Wildman–Crippen LogP) is 3.23. The van der Waals surface area contributed by atoms with Gasteiger partial charge in [-0.2, -0.15) is 0 Å². The third-order valence-corrected chi connectivity index (χ3v) is 4.36. The number of nitrogens with two attached hydrogens (primary N) is 1. The van der Waals surface area contributed by atoms with Crippen molar-refractivity contribution in [2.75, 3.05) is 7.05 Å². The molecular formula is C15H19N3S. The molecule has 1 heterocycles. The Morgan fingerprint density at radius 2 is 2.00 bits per heavy atom. The maximum absolute atomic E-state index is 7.38. The van der Waals surface area contributed by atoms with Crippen LogP contribution >= 0.6 is 11.3 Å². The molecule has 100 valence electrons. The lowest BCUT2D eigenvalue weighted by atomic mass is 10.1. The van der Waals surface area contributed by atoms with Crippen molar-refractivity contribution >= 4 is 17.2 Å². The molecule has 0 radical (unpaired) electrons. The van der Waals surface area contributed by atoms with E-state index < -0.39 is 0 Å². The normalized spacial score (nSPS) is 12.6. The molecule has 0 fully saturated rings. The van der Waals surface area contributed by atoms with Crippen LogP contribution in [0.1, 0.15) is 29.0 Å². The Hall–Kier alpha value is -1.65. The second-order valence-electron chi connectivity index (χ2n) is 4.72. The summed E-state index contributed by atoms with van der Waals surface area (Å²) in [6.07, 6.45) is 0. The fourth-order valence-corrected chi connectivity index (χ4v) is 2.81. The van der Waals surface area contributed by atoms with Gasteiger partial charge in [0.2, 0.25) is 0 Å². The third-order valence-electron chi connectivity index (χ3n) is 3.31. The van der Waals surface area contributed by atoms with Crippen LogP contribution in [0.5, 0.6) is 0 Å². The lowest BCUT2D eigenvalue weighted by Gasteiger charge is -2.23. The number of rotatable bonds is 5. The molecule has 4 heteroatoms. The van der Waals surface area contributed by atoms with Gasteiger partial charge in [0.15, 0.2) is 0 Å². The first-order valence-corrected chi connectivity index (χ1v) is 7.13. The Balaban J connectivity index is 2.02. The molecule has 0 spiro atoms. The summed E-state index contributed by atoms with van der Waals surface area (Å²) in [7, 11) is 2.13. The SMILES string of the molecule is CC(c1cccs1)N(C)Cc1ccc(C(=N)N)cc1. The van der Waals surface area contributed by atoms with Gasteiger partial charge in [-0.05, 0) is 31.0 Å². The zero-order chi connectivity index (χ0) is 13.8. The Labute approximate surface area is 118 Å². The molecular weight excluding hydrogens is 254 g/mol. The highest BCUT2D eigenvalue weighted by Crippen LogP contribution is 2.24. The number of nitrogen functional groups attached to an aromatic ring is 1. The number of nitrogens with zero attached hydrogens (tertiary/aromatic N) is 1. The first-order chi connectivity index (χ1) is 9.08. The van der Waals surface area contributed by atoms with E-state index in [4.69, 9.17) is 11.1 Å². The minimum Gasteiger partial charge on any atom is -0.384 e. The number of thiophene rings is 1. The van der Waals surface area contributed by atoms with E-state index in [9.17, 15) is 0 Å². The molecule has 0 saturated carbocycles. The Morgan fingerprint density at radius 1 is 1.32 bits per heavy atom. The van der Waals surface area contributed by atoms with Crippen molar-refractivity contribution in [2.45, 2.75) is 19.5 Å². The molecule has 0 aliphatic carbocycles. The standard InChI is InChI=1S/C15H19N3S/c1-11(14-4-3-9-19-14)18(2)10-12-5-7-13(8-6-12)15(16)17/h3-9,11H,10H2,1-2H3,(H3,16,17). The first-order valence-electron chi connectivity index (χ1n) is 6.25. The van der Waals surface area contributed by atoms with E-state index in [1.165, 1.54) is 10.4 Å². The molecule has 1 aromatic carbocycles. The number of nitrogens with one attached hydrogen (secondary N) is 1. The molecule has 3 N–H and O–H groups in total. The molecule has 0 aliphatic heterocycles. The molecule has 1 aromatic heterocycles. The number of amidine groups is 1. The van der Waals surface area contributed by atoms with Crippen molar-refractivity contribution in [2.24, 2.45) is 5.73 Å². The summed E-state index contributed by atoms with van der Waals surface area (Å²) in [5.41, 5.74) is 7.46. The lowest BCUT2D eigenvalue weighted by Crippen LogP contribution is -2.21. The molecule has 1 unspecified atom stereocenters. The summed E-state index contributed by atoms with van der Waals surface area (Å²) in [6, 6.07) is 12.6. The number of benzene rings is 1. The van der Waals surface area contributed by atoms with Gasteiger partial charge in [-0.1, -0.05) is 30.3 Å². The molecule has 2 aromatic rings. The summed E-state index contributed by atoms with van der Waals surface area (Å²) in [5.74, 6) is 0.117. The molecule has 0 saturated heterocycles. The fourth-order valence-electron chi connectivity index (χ4n) is 1.96. The molecule has 2 rings (SSSR count). The lowest BCUT2D eigenvalue weighted by molar-refractivity contribution is 0.256. The van der Waals surface area contributed by atoms with Gasteiger partial charge in [-0.15, -0.1) is 11.3 Å². The quantitative estimate of drug-likeness (QED) is 0.649. The summed E-state index contributed by atoms with van der Waals surface area (Å²) in [5, 5.41) is 9.49. The van der Waals surface area contributed by atoms with Gasteiger partial charge in [0.25, 0.3) is 0 Å². The minimum atomic E-state index is 0.117. The third kappa shape index (κ3) is 3.43. The van der Waals surface area contributed by atoms with Crippen molar-refractivity contribution in [3.8, 4) is 0 Å². The van der Waals surface area contributed by atoms with E-state index >= 15 is 0 Å². The van der Waals surface area contributed by atoms with Gasteiger partial charge >= 0.3 is 0 Å². The average Bonchev–Trinajstić information content (AvgIpc) is 2.92. The van der Waals surface area contributed by atoms with E-state index in [1.807, 2.05) is 24.3 Å². The van der Waals surface area contributed by atoms with Gasteiger partial charge < -0.3 is 5.73 Å². The van der Waals surface area contributed by atoms with Crippen LogP contribution in [-0.4, -0.2) is 17.8 Å². The second kappa shape index (κ2) is 5.99. The van der Waals surface area contributed by atoms with Crippen molar-refractivity contribution in [3.05, 3.63) is 57.8 Å². The maximum atomic E-state index is 7.38. The van der Waals surface area contributed by atoms with Crippen molar-refractivity contribution < 1.29 is 0 Å². The monoisotopic (exact) mass is 273 g/mol. The molecule has 19 heavy (non-hydrogen) atoms. The smallest absolute Gasteiger partial charge is 0.122 e. The van der Waals surface area contributed by atoms with Crippen molar-refractivity contribution in [1.82, 2.24) is 4.90 Å². The van der Waals surface area contributed by atoms with Crippen LogP contribution in [0.4, 0.5) is 0 Å². The van der Waals surface area contributed by atoms with Crippen LogP contribution < -0.4 is 5.73 Å². The van der Waals surface area contributed by atoms with Gasteiger partial charge in [-0.3, -0.25) is 10.3 Å².